The number of hydrogen-bond acceptors (Lipinski definition) is 5. The summed E-state index contributed by atoms with van der Waals surface area (Å²) in [4.78, 5) is 2.58. The Kier molecular flexibility index (Phi) is 3.95. The van der Waals surface area contributed by atoms with E-state index in [2.05, 4.69) is 4.83 Å². The van der Waals surface area contributed by atoms with Gasteiger partial charge in [-0.2, -0.15) is 0 Å². The molecule has 0 atom stereocenters. The molecule has 1 saturated heterocycles. The van der Waals surface area contributed by atoms with Crippen LogP contribution in [-0.2, 0) is 19.9 Å². The molecule has 19 heavy (non-hydrogen) atoms. The summed E-state index contributed by atoms with van der Waals surface area (Å²) in [5, 5.41) is 1.43. The molecule has 0 aromatic heterocycles. The van der Waals surface area contributed by atoms with E-state index in [1.54, 1.807) is 12.1 Å². The van der Waals surface area contributed by atoms with Crippen molar-refractivity contribution in [2.45, 2.75) is 11.8 Å². The van der Waals surface area contributed by atoms with Crippen molar-refractivity contribution in [3.8, 4) is 0 Å². The van der Waals surface area contributed by atoms with Gasteiger partial charge in [0.2, 0.25) is 0 Å². The average Bonchev–Trinajstić information content (AvgIpc) is 2.32. The Morgan fingerprint density at radius 1 is 1.11 bits per heavy atom. The number of sulfone groups is 1. The van der Waals surface area contributed by atoms with E-state index in [4.69, 9.17) is 0 Å². The number of sulfonamides is 1. The summed E-state index contributed by atoms with van der Waals surface area (Å²) in [6.45, 7) is 2.22. The fraction of sp³-hybridized carbons (Fsp3) is 0.455. The Bertz CT molecular complexity index is 636. The molecule has 1 heterocycles. The fourth-order valence-electron chi connectivity index (χ4n) is 1.74. The van der Waals surface area contributed by atoms with Gasteiger partial charge in [-0.05, 0) is 19.1 Å². The average molecular weight is 304 g/mol. The third-order valence-electron chi connectivity index (χ3n) is 2.92. The highest BCUT2D eigenvalue weighted by atomic mass is 32.2. The molecule has 1 aromatic carbocycles. The topological polar surface area (TPSA) is 83.6 Å². The Labute approximate surface area is 113 Å². The van der Waals surface area contributed by atoms with Gasteiger partial charge in [0.05, 0.1) is 16.4 Å². The predicted octanol–water partition coefficient (Wildman–Crippen LogP) is -0.0813. The molecular weight excluding hydrogens is 288 g/mol. The van der Waals surface area contributed by atoms with E-state index in [0.717, 1.165) is 5.56 Å². The molecule has 1 aromatic rings. The minimum Gasteiger partial charge on any atom is -0.229 e. The molecule has 8 heteroatoms. The van der Waals surface area contributed by atoms with Gasteiger partial charge < -0.3 is 0 Å². The normalized spacial score (nSPS) is 20.3. The summed E-state index contributed by atoms with van der Waals surface area (Å²) in [5.41, 5.74) is 0.975. The van der Waals surface area contributed by atoms with Crippen LogP contribution in [0.4, 0.5) is 0 Å². The molecule has 0 aliphatic carbocycles. The molecule has 1 N–H and O–H groups in total. The van der Waals surface area contributed by atoms with Crippen LogP contribution < -0.4 is 4.83 Å². The van der Waals surface area contributed by atoms with Crippen molar-refractivity contribution in [2.75, 3.05) is 24.6 Å². The zero-order valence-corrected chi connectivity index (χ0v) is 12.2. The van der Waals surface area contributed by atoms with E-state index >= 15 is 0 Å². The Morgan fingerprint density at radius 2 is 1.63 bits per heavy atom. The van der Waals surface area contributed by atoms with Crippen molar-refractivity contribution < 1.29 is 16.8 Å². The first-order valence-corrected chi connectivity index (χ1v) is 9.13. The summed E-state index contributed by atoms with van der Waals surface area (Å²) in [6, 6.07) is 6.49. The largest absolute Gasteiger partial charge is 0.253 e. The monoisotopic (exact) mass is 304 g/mol. The van der Waals surface area contributed by atoms with E-state index in [1.165, 1.54) is 17.1 Å². The highest BCUT2D eigenvalue weighted by Gasteiger charge is 2.25. The van der Waals surface area contributed by atoms with Crippen molar-refractivity contribution in [2.24, 2.45) is 0 Å². The summed E-state index contributed by atoms with van der Waals surface area (Å²) in [5.74, 6) is -0.0488. The number of nitrogens with one attached hydrogen (secondary N) is 1. The second-order valence-corrected chi connectivity index (χ2v) is 8.51. The molecular formula is C11H16N2O4S2. The minimum atomic E-state index is -3.63. The van der Waals surface area contributed by atoms with Crippen LogP contribution in [0.2, 0.25) is 0 Å². The zero-order valence-electron chi connectivity index (χ0n) is 10.5. The van der Waals surface area contributed by atoms with Crippen molar-refractivity contribution in [1.82, 2.24) is 9.84 Å². The van der Waals surface area contributed by atoms with Gasteiger partial charge >= 0.3 is 0 Å². The molecule has 1 fully saturated rings. The van der Waals surface area contributed by atoms with Gasteiger partial charge in [-0.3, -0.25) is 0 Å². The van der Waals surface area contributed by atoms with Crippen LogP contribution in [0.15, 0.2) is 29.2 Å². The first-order chi connectivity index (χ1) is 8.78. The first kappa shape index (κ1) is 14.4. The third kappa shape index (κ3) is 3.75. The van der Waals surface area contributed by atoms with Gasteiger partial charge in [-0.15, -0.1) is 4.83 Å². The zero-order chi connectivity index (χ0) is 14.1. The van der Waals surface area contributed by atoms with Gasteiger partial charge in [-0.25, -0.2) is 21.8 Å². The molecule has 0 saturated carbocycles. The quantitative estimate of drug-likeness (QED) is 0.844. The number of hydrazine groups is 1. The summed E-state index contributed by atoms with van der Waals surface area (Å²) >= 11 is 0. The standard InChI is InChI=1S/C11H16N2O4S2/c1-10-2-4-11(5-3-10)19(16,17)12-13-6-8-18(14,15)9-7-13/h2-5,12H,6-9H2,1H3. The molecule has 106 valence electrons. The van der Waals surface area contributed by atoms with Crippen molar-refractivity contribution in [3.63, 3.8) is 0 Å². The van der Waals surface area contributed by atoms with Crippen LogP contribution in [0.25, 0.3) is 0 Å². The lowest BCUT2D eigenvalue weighted by Crippen LogP contribution is -2.50. The predicted molar refractivity (Wildman–Crippen MR) is 71.7 cm³/mol. The number of rotatable bonds is 3. The van der Waals surface area contributed by atoms with Gasteiger partial charge in [-0.1, -0.05) is 17.7 Å². The molecule has 1 aliphatic heterocycles. The Hall–Kier alpha value is -0.960. The van der Waals surface area contributed by atoms with Crippen molar-refractivity contribution in [3.05, 3.63) is 29.8 Å². The van der Waals surface area contributed by atoms with Gasteiger partial charge in [0.15, 0.2) is 9.84 Å². The summed E-state index contributed by atoms with van der Waals surface area (Å²) < 4.78 is 46.7. The Balaban J connectivity index is 2.08. The molecule has 0 unspecified atom stereocenters. The maximum atomic E-state index is 12.1. The molecule has 0 spiro atoms. The SMILES string of the molecule is Cc1ccc(S(=O)(=O)NN2CCS(=O)(=O)CC2)cc1. The maximum absolute atomic E-state index is 12.1. The number of aryl methyl sites for hydroxylation is 1. The van der Waals surface area contributed by atoms with Crippen molar-refractivity contribution >= 4 is 19.9 Å². The molecule has 6 nitrogen and oxygen atoms in total. The van der Waals surface area contributed by atoms with E-state index in [-0.39, 0.29) is 29.5 Å². The highest BCUT2D eigenvalue weighted by Crippen LogP contribution is 2.11. The number of benzene rings is 1. The molecule has 1 aliphatic rings. The van der Waals surface area contributed by atoms with Crippen LogP contribution in [0.1, 0.15) is 5.56 Å². The van der Waals surface area contributed by atoms with E-state index < -0.39 is 19.9 Å². The van der Waals surface area contributed by atoms with Crippen LogP contribution in [0.5, 0.6) is 0 Å². The summed E-state index contributed by atoms with van der Waals surface area (Å²) in [6.07, 6.45) is 0. The van der Waals surface area contributed by atoms with E-state index in [1.807, 2.05) is 6.92 Å². The van der Waals surface area contributed by atoms with E-state index in [9.17, 15) is 16.8 Å². The second-order valence-electron chi connectivity index (χ2n) is 4.55. The van der Waals surface area contributed by atoms with Gasteiger partial charge in [0.1, 0.15) is 0 Å². The summed E-state index contributed by atoms with van der Waals surface area (Å²) in [7, 11) is -6.65. The van der Waals surface area contributed by atoms with Crippen LogP contribution >= 0.6 is 0 Å². The number of hydrogen-bond donors (Lipinski definition) is 1. The highest BCUT2D eigenvalue weighted by molar-refractivity contribution is 7.91. The fourth-order valence-corrected chi connectivity index (χ4v) is 4.07. The van der Waals surface area contributed by atoms with Gasteiger partial charge in [0.25, 0.3) is 10.0 Å². The Morgan fingerprint density at radius 3 is 2.16 bits per heavy atom. The van der Waals surface area contributed by atoms with Gasteiger partial charge in [0, 0.05) is 13.1 Å². The van der Waals surface area contributed by atoms with Crippen LogP contribution in [0.3, 0.4) is 0 Å². The van der Waals surface area contributed by atoms with Crippen molar-refractivity contribution in [1.29, 1.82) is 0 Å². The lowest BCUT2D eigenvalue weighted by Gasteiger charge is -2.26. The van der Waals surface area contributed by atoms with Crippen LogP contribution in [0, 0.1) is 6.92 Å². The minimum absolute atomic E-state index is 0.0244. The van der Waals surface area contributed by atoms with Crippen LogP contribution in [-0.4, -0.2) is 46.4 Å². The molecule has 0 amide bonds. The van der Waals surface area contributed by atoms with E-state index in [0.29, 0.717) is 0 Å². The molecule has 0 bridgehead atoms. The lowest BCUT2D eigenvalue weighted by molar-refractivity contribution is 0.261. The smallest absolute Gasteiger partial charge is 0.229 e. The first-order valence-electron chi connectivity index (χ1n) is 5.83. The third-order valence-corrected chi connectivity index (χ3v) is 5.93. The molecule has 0 radical (unpaired) electrons. The molecule has 2 rings (SSSR count). The number of nitrogens with zero attached hydrogens (tertiary/aromatic N) is 1. The lowest BCUT2D eigenvalue weighted by atomic mass is 10.2. The second kappa shape index (κ2) is 5.20. The maximum Gasteiger partial charge on any atom is 0.253 e.